The Kier molecular flexibility index (Phi) is 3.99. The van der Waals surface area contributed by atoms with E-state index in [1.165, 1.54) is 18.2 Å². The number of alkyl halides is 3. The minimum absolute atomic E-state index is 0.0452. The molecular formula is C13H14F3NO4. The summed E-state index contributed by atoms with van der Waals surface area (Å²) in [6.07, 6.45) is -4.72. The first-order valence-electron chi connectivity index (χ1n) is 6.06. The molecule has 1 heterocycles. The lowest BCUT2D eigenvalue weighted by Gasteiger charge is -2.34. The highest BCUT2D eigenvalue weighted by Crippen LogP contribution is 2.44. The van der Waals surface area contributed by atoms with Crippen molar-refractivity contribution in [1.82, 2.24) is 5.32 Å². The zero-order chi connectivity index (χ0) is 15.7. The molecule has 1 aliphatic rings. The molecule has 2 rings (SSSR count). The molecule has 0 bridgehead atoms. The zero-order valence-electron chi connectivity index (χ0n) is 11.4. The van der Waals surface area contributed by atoms with Crippen LogP contribution in [-0.4, -0.2) is 32.5 Å². The van der Waals surface area contributed by atoms with Crippen LogP contribution in [0.2, 0.25) is 0 Å². The Morgan fingerprint density at radius 1 is 1.33 bits per heavy atom. The van der Waals surface area contributed by atoms with Crippen LogP contribution in [0.4, 0.5) is 13.2 Å². The molecule has 1 atom stereocenters. The fourth-order valence-corrected chi connectivity index (χ4v) is 2.07. The highest BCUT2D eigenvalue weighted by atomic mass is 19.4. The third-order valence-corrected chi connectivity index (χ3v) is 3.23. The molecule has 1 unspecified atom stereocenters. The summed E-state index contributed by atoms with van der Waals surface area (Å²) in [5.74, 6) is -0.00660. The van der Waals surface area contributed by atoms with Crippen molar-refractivity contribution in [2.75, 3.05) is 20.4 Å². The average molecular weight is 305 g/mol. The minimum Gasteiger partial charge on any atom is -0.454 e. The molecule has 1 aliphatic heterocycles. The van der Waals surface area contributed by atoms with Crippen molar-refractivity contribution in [3.8, 4) is 11.5 Å². The van der Waals surface area contributed by atoms with Crippen molar-refractivity contribution in [2.45, 2.75) is 18.7 Å². The van der Waals surface area contributed by atoms with Crippen LogP contribution in [0.5, 0.6) is 11.5 Å². The number of methoxy groups -OCH3 is 1. The van der Waals surface area contributed by atoms with Crippen LogP contribution in [0.15, 0.2) is 18.2 Å². The Labute approximate surface area is 119 Å². The van der Waals surface area contributed by atoms with Gasteiger partial charge in [-0.3, -0.25) is 4.79 Å². The smallest absolute Gasteiger partial charge is 0.423 e. The normalized spacial score (nSPS) is 16.4. The van der Waals surface area contributed by atoms with Crippen molar-refractivity contribution < 1.29 is 32.2 Å². The molecule has 0 aromatic heterocycles. The summed E-state index contributed by atoms with van der Waals surface area (Å²) in [5.41, 5.74) is -2.82. The van der Waals surface area contributed by atoms with Gasteiger partial charge in [0.25, 0.3) is 0 Å². The van der Waals surface area contributed by atoms with E-state index in [4.69, 9.17) is 14.2 Å². The van der Waals surface area contributed by atoms with Crippen molar-refractivity contribution in [3.05, 3.63) is 23.8 Å². The second-order valence-corrected chi connectivity index (χ2v) is 4.51. The number of carbonyl (C=O) groups is 1. The molecule has 116 valence electrons. The summed E-state index contributed by atoms with van der Waals surface area (Å²) in [6, 6.07) is 3.83. The van der Waals surface area contributed by atoms with E-state index < -0.39 is 24.2 Å². The van der Waals surface area contributed by atoms with Gasteiger partial charge in [-0.25, -0.2) is 0 Å². The molecule has 1 aromatic rings. The van der Waals surface area contributed by atoms with Crippen LogP contribution in [0, 0.1) is 0 Å². The standard InChI is InChI=1S/C13H14F3NO4/c1-8(18)17-6-12(19-2,13(14,15)16)9-3-4-10-11(5-9)21-7-20-10/h3-5H,6-7H2,1-2H3,(H,17,18). The lowest BCUT2D eigenvalue weighted by Crippen LogP contribution is -2.52. The molecule has 5 nitrogen and oxygen atoms in total. The summed E-state index contributed by atoms with van der Waals surface area (Å²) in [4.78, 5) is 11.0. The largest absolute Gasteiger partial charge is 0.454 e. The molecular weight excluding hydrogens is 291 g/mol. The van der Waals surface area contributed by atoms with E-state index >= 15 is 0 Å². The van der Waals surface area contributed by atoms with Gasteiger partial charge < -0.3 is 19.5 Å². The van der Waals surface area contributed by atoms with Gasteiger partial charge in [0, 0.05) is 14.0 Å². The first-order chi connectivity index (χ1) is 9.80. The monoisotopic (exact) mass is 305 g/mol. The van der Waals surface area contributed by atoms with Crippen LogP contribution < -0.4 is 14.8 Å². The predicted molar refractivity (Wildman–Crippen MR) is 66.0 cm³/mol. The second-order valence-electron chi connectivity index (χ2n) is 4.51. The van der Waals surface area contributed by atoms with Gasteiger partial charge in [0.15, 0.2) is 11.5 Å². The van der Waals surface area contributed by atoms with Crippen LogP contribution >= 0.6 is 0 Å². The summed E-state index contributed by atoms with van der Waals surface area (Å²) in [5, 5.41) is 2.15. The molecule has 0 aliphatic carbocycles. The van der Waals surface area contributed by atoms with E-state index in [-0.39, 0.29) is 18.1 Å². The van der Waals surface area contributed by atoms with Gasteiger partial charge in [0.05, 0.1) is 6.54 Å². The fraction of sp³-hybridized carbons (Fsp3) is 0.462. The van der Waals surface area contributed by atoms with Crippen LogP contribution in [0.3, 0.4) is 0 Å². The maximum atomic E-state index is 13.5. The Morgan fingerprint density at radius 3 is 2.57 bits per heavy atom. The predicted octanol–water partition coefficient (Wildman–Crippen LogP) is 1.96. The number of fused-ring (bicyclic) bond motifs is 1. The van der Waals surface area contributed by atoms with Gasteiger partial charge in [-0.15, -0.1) is 0 Å². The number of hydrogen-bond acceptors (Lipinski definition) is 4. The molecule has 8 heteroatoms. The van der Waals surface area contributed by atoms with E-state index in [1.54, 1.807) is 0 Å². The number of ether oxygens (including phenoxy) is 3. The van der Waals surface area contributed by atoms with E-state index in [1.807, 2.05) is 0 Å². The number of rotatable bonds is 4. The van der Waals surface area contributed by atoms with Gasteiger partial charge in [0.1, 0.15) is 0 Å². The maximum Gasteiger partial charge on any atom is 0.423 e. The number of halogens is 3. The SMILES string of the molecule is COC(CNC(C)=O)(c1ccc2c(c1)OCO2)C(F)(F)F. The molecule has 1 N–H and O–H groups in total. The lowest BCUT2D eigenvalue weighted by atomic mass is 9.92. The fourth-order valence-electron chi connectivity index (χ4n) is 2.07. The number of amides is 1. The Morgan fingerprint density at radius 2 is 2.00 bits per heavy atom. The zero-order valence-corrected chi connectivity index (χ0v) is 11.4. The van der Waals surface area contributed by atoms with Gasteiger partial charge in [0.2, 0.25) is 18.3 Å². The lowest BCUT2D eigenvalue weighted by molar-refractivity contribution is -0.274. The van der Waals surface area contributed by atoms with E-state index in [0.29, 0.717) is 5.75 Å². The highest BCUT2D eigenvalue weighted by Gasteiger charge is 2.57. The molecule has 0 spiro atoms. The third kappa shape index (κ3) is 2.76. The van der Waals surface area contributed by atoms with Crippen LogP contribution in [-0.2, 0) is 15.1 Å². The number of benzene rings is 1. The number of carbonyl (C=O) groups excluding carboxylic acids is 1. The van der Waals surface area contributed by atoms with Gasteiger partial charge in [-0.2, -0.15) is 13.2 Å². The topological polar surface area (TPSA) is 56.8 Å². The Bertz CT molecular complexity index is 547. The number of nitrogens with one attached hydrogen (secondary N) is 1. The summed E-state index contributed by atoms with van der Waals surface area (Å²) in [6.45, 7) is 0.356. The first kappa shape index (κ1) is 15.4. The number of hydrogen-bond donors (Lipinski definition) is 1. The maximum absolute atomic E-state index is 13.5. The summed E-state index contributed by atoms with van der Waals surface area (Å²) < 4.78 is 55.5. The molecule has 0 saturated carbocycles. The van der Waals surface area contributed by atoms with Crippen molar-refractivity contribution in [3.63, 3.8) is 0 Å². The van der Waals surface area contributed by atoms with Crippen LogP contribution in [0.25, 0.3) is 0 Å². The quantitative estimate of drug-likeness (QED) is 0.924. The molecule has 0 radical (unpaired) electrons. The first-order valence-corrected chi connectivity index (χ1v) is 6.06. The second kappa shape index (κ2) is 5.44. The minimum atomic E-state index is -4.72. The molecule has 0 saturated heterocycles. The molecule has 1 aromatic carbocycles. The highest BCUT2D eigenvalue weighted by molar-refractivity contribution is 5.73. The van der Waals surface area contributed by atoms with E-state index in [9.17, 15) is 18.0 Å². The van der Waals surface area contributed by atoms with Crippen molar-refractivity contribution in [1.29, 1.82) is 0 Å². The van der Waals surface area contributed by atoms with E-state index in [0.717, 1.165) is 14.0 Å². The van der Waals surface area contributed by atoms with Gasteiger partial charge in [-0.05, 0) is 17.7 Å². The van der Waals surface area contributed by atoms with Gasteiger partial charge in [-0.1, -0.05) is 6.07 Å². The molecule has 21 heavy (non-hydrogen) atoms. The average Bonchev–Trinajstić information content (AvgIpc) is 2.85. The van der Waals surface area contributed by atoms with Crippen molar-refractivity contribution in [2.24, 2.45) is 0 Å². The molecule has 1 amide bonds. The summed E-state index contributed by atoms with van der Waals surface area (Å²) >= 11 is 0. The summed E-state index contributed by atoms with van der Waals surface area (Å²) in [7, 11) is 0.944. The van der Waals surface area contributed by atoms with Crippen LogP contribution in [0.1, 0.15) is 12.5 Å². The third-order valence-electron chi connectivity index (χ3n) is 3.23. The Balaban J connectivity index is 2.45. The molecule has 0 fully saturated rings. The van der Waals surface area contributed by atoms with E-state index in [2.05, 4.69) is 5.32 Å². The Hall–Kier alpha value is -1.96. The van der Waals surface area contributed by atoms with Crippen molar-refractivity contribution >= 4 is 5.91 Å². The van der Waals surface area contributed by atoms with Gasteiger partial charge >= 0.3 is 6.18 Å².